The van der Waals surface area contributed by atoms with Crippen molar-refractivity contribution >= 4 is 48.4 Å². The van der Waals surface area contributed by atoms with E-state index in [0.29, 0.717) is 28.6 Å². The predicted molar refractivity (Wildman–Crippen MR) is 118 cm³/mol. The number of nitrogens with zero attached hydrogens (tertiary/aromatic N) is 2. The number of halogens is 1. The molecule has 0 aliphatic carbocycles. The molecule has 152 valence electrons. The summed E-state index contributed by atoms with van der Waals surface area (Å²) in [6.07, 6.45) is 1.44. The zero-order valence-electron chi connectivity index (χ0n) is 15.9. The molecule has 0 spiro atoms. The number of fused-ring (bicyclic) bond motifs is 1. The molecule has 9 heteroatoms. The number of aromatic hydroxyl groups is 1. The average molecular weight is 478 g/mol. The first kappa shape index (κ1) is 21.2. The van der Waals surface area contributed by atoms with E-state index in [4.69, 9.17) is 0 Å². The van der Waals surface area contributed by atoms with E-state index in [0.717, 1.165) is 4.47 Å². The largest absolute Gasteiger partial charge is 0.494 e. The van der Waals surface area contributed by atoms with Crippen LogP contribution in [0.3, 0.4) is 0 Å². The van der Waals surface area contributed by atoms with Crippen molar-refractivity contribution in [1.82, 2.24) is 9.88 Å². The maximum absolute atomic E-state index is 12.3. The number of pyridine rings is 1. The van der Waals surface area contributed by atoms with Gasteiger partial charge in [0, 0.05) is 28.0 Å². The van der Waals surface area contributed by atoms with Gasteiger partial charge in [0.2, 0.25) is 5.88 Å². The van der Waals surface area contributed by atoms with E-state index in [1.807, 2.05) is 19.0 Å². The molecule has 2 N–H and O–H groups in total. The summed E-state index contributed by atoms with van der Waals surface area (Å²) in [6.45, 7) is 0.441. The molecule has 0 atom stereocenters. The van der Waals surface area contributed by atoms with E-state index in [9.17, 15) is 18.3 Å². The van der Waals surface area contributed by atoms with E-state index < -0.39 is 15.4 Å². The van der Waals surface area contributed by atoms with Gasteiger partial charge < -0.3 is 10.0 Å². The molecule has 0 bridgehead atoms. The van der Waals surface area contributed by atoms with E-state index in [1.165, 1.54) is 18.3 Å². The van der Waals surface area contributed by atoms with Crippen LogP contribution < -0.4 is 5.56 Å². The summed E-state index contributed by atoms with van der Waals surface area (Å²) in [5, 5.41) is 11.1. The number of hydrogen-bond acceptors (Lipinski definition) is 6. The number of rotatable bonds is 6. The molecule has 0 radical (unpaired) electrons. The monoisotopic (exact) mass is 477 g/mol. The highest BCUT2D eigenvalue weighted by molar-refractivity contribution is 9.10. The average Bonchev–Trinajstić information content (AvgIpc) is 2.66. The van der Waals surface area contributed by atoms with Crippen LogP contribution in [0.15, 0.2) is 61.6 Å². The molecule has 2 aromatic carbocycles. The zero-order chi connectivity index (χ0) is 21.2. The molecule has 0 saturated carbocycles. The van der Waals surface area contributed by atoms with Crippen LogP contribution in [0.1, 0.15) is 5.56 Å². The van der Waals surface area contributed by atoms with Gasteiger partial charge in [0.15, 0.2) is 9.84 Å². The molecule has 0 aliphatic rings. The Morgan fingerprint density at radius 1 is 1.14 bits per heavy atom. The second-order valence-corrected chi connectivity index (χ2v) is 9.81. The van der Waals surface area contributed by atoms with Gasteiger partial charge in [-0.1, -0.05) is 15.9 Å². The number of benzene rings is 2. The molecular formula is C20H20BrN3O4S. The maximum atomic E-state index is 12.3. The van der Waals surface area contributed by atoms with Gasteiger partial charge in [-0.05, 0) is 56.6 Å². The number of hydrogen-bond donors (Lipinski definition) is 2. The molecule has 0 saturated heterocycles. The lowest BCUT2D eigenvalue weighted by Gasteiger charge is -2.10. The van der Waals surface area contributed by atoms with Crippen LogP contribution in [0.2, 0.25) is 0 Å². The van der Waals surface area contributed by atoms with Gasteiger partial charge in [0.1, 0.15) is 0 Å². The molecule has 29 heavy (non-hydrogen) atoms. The van der Waals surface area contributed by atoms with Crippen LogP contribution in [0.4, 0.5) is 5.69 Å². The Morgan fingerprint density at radius 3 is 2.48 bits per heavy atom. The predicted octanol–water partition coefficient (Wildman–Crippen LogP) is 3.08. The van der Waals surface area contributed by atoms with Crippen LogP contribution in [-0.4, -0.2) is 56.0 Å². The fourth-order valence-electron chi connectivity index (χ4n) is 2.74. The Morgan fingerprint density at radius 2 is 1.83 bits per heavy atom. The third-order valence-corrected chi connectivity index (χ3v) is 6.55. The number of aromatic nitrogens is 1. The number of aliphatic imine (C=N–C) groups is 1. The molecule has 0 aliphatic heterocycles. The van der Waals surface area contributed by atoms with Crippen molar-refractivity contribution in [3.8, 4) is 5.88 Å². The summed E-state index contributed by atoms with van der Waals surface area (Å²) >= 11 is 3.36. The quantitative estimate of drug-likeness (QED) is 0.531. The smallest absolute Gasteiger partial charge is 0.258 e. The molecule has 0 fully saturated rings. The lowest BCUT2D eigenvalue weighted by Crippen LogP contribution is -2.21. The number of aromatic amines is 1. The summed E-state index contributed by atoms with van der Waals surface area (Å²) in [6, 6.07) is 11.3. The van der Waals surface area contributed by atoms with E-state index in [-0.39, 0.29) is 16.5 Å². The van der Waals surface area contributed by atoms with Gasteiger partial charge in [-0.3, -0.25) is 14.8 Å². The van der Waals surface area contributed by atoms with Gasteiger partial charge in [-0.25, -0.2) is 8.42 Å². The summed E-state index contributed by atoms with van der Waals surface area (Å²) in [7, 11) is 0.280. The first-order valence-corrected chi connectivity index (χ1v) is 11.2. The first-order valence-electron chi connectivity index (χ1n) is 8.73. The Bertz CT molecular complexity index is 1230. The highest BCUT2D eigenvalue weighted by Gasteiger charge is 2.14. The summed E-state index contributed by atoms with van der Waals surface area (Å²) in [5.74, 6) is -0.249. The fourth-order valence-corrected chi connectivity index (χ4v) is 4.49. The van der Waals surface area contributed by atoms with Crippen LogP contribution in [0.25, 0.3) is 10.8 Å². The van der Waals surface area contributed by atoms with E-state index >= 15 is 0 Å². The molecule has 7 nitrogen and oxygen atoms in total. The van der Waals surface area contributed by atoms with Crippen LogP contribution in [0.5, 0.6) is 5.88 Å². The minimum absolute atomic E-state index is 0.0364. The van der Waals surface area contributed by atoms with Crippen molar-refractivity contribution in [2.75, 3.05) is 26.4 Å². The number of sulfone groups is 1. The van der Waals surface area contributed by atoms with Crippen molar-refractivity contribution in [3.05, 3.63) is 62.9 Å². The highest BCUT2D eigenvalue weighted by atomic mass is 79.9. The normalized spacial score (nSPS) is 12.3. The molecule has 3 rings (SSSR count). The summed E-state index contributed by atoms with van der Waals surface area (Å²) in [5.41, 5.74) is 0.489. The molecular weight excluding hydrogens is 458 g/mol. The Balaban J connectivity index is 1.91. The Kier molecular flexibility index (Phi) is 6.21. The van der Waals surface area contributed by atoms with Crippen molar-refractivity contribution < 1.29 is 13.5 Å². The summed E-state index contributed by atoms with van der Waals surface area (Å²) < 4.78 is 25.5. The Hall–Kier alpha value is -2.49. The standard InChI is InChI=1S/C20H20BrN3O4S/c1-24(2)9-10-29(27,28)15-6-4-14(5-7-15)22-12-18-17-11-13(21)3-8-16(17)19(25)23-20(18)26/h3-8,11-12H,9-10H2,1-2H3,(H2,23,25,26). The topological polar surface area (TPSA) is 103 Å². The van der Waals surface area contributed by atoms with Gasteiger partial charge in [-0.15, -0.1) is 0 Å². The van der Waals surface area contributed by atoms with E-state index in [1.54, 1.807) is 30.3 Å². The minimum atomic E-state index is -3.36. The van der Waals surface area contributed by atoms with Gasteiger partial charge in [0.05, 0.1) is 21.9 Å². The molecule has 3 aromatic rings. The molecule has 0 amide bonds. The van der Waals surface area contributed by atoms with Crippen molar-refractivity contribution in [3.63, 3.8) is 0 Å². The third-order valence-electron chi connectivity index (χ3n) is 4.35. The second kappa shape index (κ2) is 8.48. The maximum Gasteiger partial charge on any atom is 0.258 e. The summed E-state index contributed by atoms with van der Waals surface area (Å²) in [4.78, 5) is 20.8. The van der Waals surface area contributed by atoms with Crippen molar-refractivity contribution in [2.24, 2.45) is 4.99 Å². The first-order chi connectivity index (χ1) is 13.7. The van der Waals surface area contributed by atoms with Gasteiger partial charge in [-0.2, -0.15) is 0 Å². The highest BCUT2D eigenvalue weighted by Crippen LogP contribution is 2.25. The molecule has 0 unspecified atom stereocenters. The van der Waals surface area contributed by atoms with Crippen LogP contribution >= 0.6 is 15.9 Å². The zero-order valence-corrected chi connectivity index (χ0v) is 18.3. The minimum Gasteiger partial charge on any atom is -0.494 e. The Labute approximate surface area is 176 Å². The van der Waals surface area contributed by atoms with Crippen molar-refractivity contribution in [2.45, 2.75) is 4.90 Å². The number of H-pyrrole nitrogens is 1. The van der Waals surface area contributed by atoms with Crippen molar-refractivity contribution in [1.29, 1.82) is 0 Å². The SMILES string of the molecule is CN(C)CCS(=O)(=O)c1ccc(N=Cc2c(O)[nH]c(=O)c3ccc(Br)cc23)cc1. The lowest BCUT2D eigenvalue weighted by atomic mass is 10.1. The third kappa shape index (κ3) is 4.92. The van der Waals surface area contributed by atoms with E-state index in [2.05, 4.69) is 25.9 Å². The van der Waals surface area contributed by atoms with Crippen LogP contribution in [-0.2, 0) is 9.84 Å². The fraction of sp³-hybridized carbons (Fsp3) is 0.200. The number of nitrogens with one attached hydrogen (secondary N) is 1. The second-order valence-electron chi connectivity index (χ2n) is 6.78. The van der Waals surface area contributed by atoms with Gasteiger partial charge in [0.25, 0.3) is 5.56 Å². The molecule has 1 aromatic heterocycles. The lowest BCUT2D eigenvalue weighted by molar-refractivity contribution is 0.432. The van der Waals surface area contributed by atoms with Crippen LogP contribution in [0, 0.1) is 0 Å². The van der Waals surface area contributed by atoms with Gasteiger partial charge >= 0.3 is 0 Å². The molecule has 1 heterocycles.